The van der Waals surface area contributed by atoms with Crippen LogP contribution < -0.4 is 15.5 Å². The maximum absolute atomic E-state index is 12.5. The first-order valence-corrected chi connectivity index (χ1v) is 11.6. The van der Waals surface area contributed by atoms with Crippen LogP contribution in [-0.4, -0.2) is 29.0 Å². The van der Waals surface area contributed by atoms with E-state index in [2.05, 4.69) is 17.4 Å². The fraction of sp³-hybridized carbons (Fsp3) is 0.154. The van der Waals surface area contributed by atoms with Gasteiger partial charge in [0.1, 0.15) is 5.75 Å². The van der Waals surface area contributed by atoms with Gasteiger partial charge in [0, 0.05) is 23.8 Å². The van der Waals surface area contributed by atoms with Gasteiger partial charge in [-0.1, -0.05) is 60.7 Å². The first kappa shape index (κ1) is 24.1. The fourth-order valence-corrected chi connectivity index (χ4v) is 4.01. The Morgan fingerprint density at radius 1 is 0.939 bits per heavy atom. The molecule has 0 radical (unpaired) electrons. The van der Waals surface area contributed by atoms with Gasteiger partial charge in [-0.3, -0.25) is 14.8 Å². The highest BCUT2D eigenvalue weighted by Gasteiger charge is 2.12. The summed E-state index contributed by atoms with van der Waals surface area (Å²) >= 11 is 1.64. The minimum Gasteiger partial charge on any atom is -0.493 e. The molecule has 3 aromatic carbocycles. The number of thioether (sulfide) groups is 1. The standard InChI is InChI=1S/C26H26N2O4S/c29-24(16-11-20-7-3-1-4-8-20)27-25(33-19-21-9-5-2-6-10-21)17-18-32-23-14-12-22(13-15-23)26(30)28-31/h1-16,25,31H,17-19H2,(H,27,29)(H,28,30)/b16-11+. The van der Waals surface area contributed by atoms with Crippen LogP contribution in [-0.2, 0) is 10.5 Å². The van der Waals surface area contributed by atoms with Gasteiger partial charge >= 0.3 is 0 Å². The van der Waals surface area contributed by atoms with Gasteiger partial charge in [-0.05, 0) is 41.5 Å². The van der Waals surface area contributed by atoms with Gasteiger partial charge in [-0.25, -0.2) is 5.48 Å². The maximum Gasteiger partial charge on any atom is 0.274 e. The molecule has 6 nitrogen and oxygen atoms in total. The van der Waals surface area contributed by atoms with E-state index in [0.29, 0.717) is 24.3 Å². The van der Waals surface area contributed by atoms with Gasteiger partial charge in [-0.2, -0.15) is 0 Å². The molecule has 0 saturated carbocycles. The van der Waals surface area contributed by atoms with Gasteiger partial charge < -0.3 is 10.1 Å². The molecule has 0 fully saturated rings. The van der Waals surface area contributed by atoms with Crippen molar-refractivity contribution in [2.24, 2.45) is 0 Å². The van der Waals surface area contributed by atoms with Crippen LogP contribution in [0.2, 0.25) is 0 Å². The van der Waals surface area contributed by atoms with Gasteiger partial charge in [0.25, 0.3) is 5.91 Å². The molecule has 3 rings (SSSR count). The number of hydrogen-bond acceptors (Lipinski definition) is 5. The van der Waals surface area contributed by atoms with E-state index in [9.17, 15) is 9.59 Å². The summed E-state index contributed by atoms with van der Waals surface area (Å²) in [4.78, 5) is 23.9. The lowest BCUT2D eigenvalue weighted by molar-refractivity contribution is -0.116. The molecule has 0 heterocycles. The second-order valence-electron chi connectivity index (χ2n) is 7.14. The van der Waals surface area contributed by atoms with Crippen molar-refractivity contribution in [2.45, 2.75) is 17.5 Å². The number of ether oxygens (including phenoxy) is 1. The molecule has 170 valence electrons. The largest absolute Gasteiger partial charge is 0.493 e. The van der Waals surface area contributed by atoms with E-state index in [-0.39, 0.29) is 11.3 Å². The third-order valence-corrected chi connectivity index (χ3v) is 5.95. The predicted molar refractivity (Wildman–Crippen MR) is 131 cm³/mol. The second-order valence-corrected chi connectivity index (χ2v) is 8.33. The van der Waals surface area contributed by atoms with Crippen molar-refractivity contribution in [3.63, 3.8) is 0 Å². The van der Waals surface area contributed by atoms with E-state index >= 15 is 0 Å². The normalized spacial score (nSPS) is 11.7. The summed E-state index contributed by atoms with van der Waals surface area (Å²) in [5.41, 5.74) is 4.07. The Morgan fingerprint density at radius 3 is 2.27 bits per heavy atom. The molecule has 0 aromatic heterocycles. The Hall–Kier alpha value is -3.55. The van der Waals surface area contributed by atoms with Crippen molar-refractivity contribution in [1.29, 1.82) is 0 Å². The number of rotatable bonds is 11. The summed E-state index contributed by atoms with van der Waals surface area (Å²) in [6.45, 7) is 0.390. The zero-order valence-electron chi connectivity index (χ0n) is 18.0. The highest BCUT2D eigenvalue weighted by molar-refractivity contribution is 7.99. The summed E-state index contributed by atoms with van der Waals surface area (Å²) in [6, 6.07) is 26.2. The Morgan fingerprint density at radius 2 is 1.61 bits per heavy atom. The highest BCUT2D eigenvalue weighted by atomic mass is 32.2. The van der Waals surface area contributed by atoms with Crippen molar-refractivity contribution < 1.29 is 19.5 Å². The number of nitrogens with one attached hydrogen (secondary N) is 2. The minimum atomic E-state index is -0.579. The molecule has 0 saturated heterocycles. The molecule has 0 bridgehead atoms. The molecular formula is C26H26N2O4S. The van der Waals surface area contributed by atoms with Gasteiger partial charge in [0.2, 0.25) is 5.91 Å². The Kier molecular flexibility index (Phi) is 9.57. The van der Waals surface area contributed by atoms with E-state index in [4.69, 9.17) is 9.94 Å². The predicted octanol–water partition coefficient (Wildman–Crippen LogP) is 4.66. The summed E-state index contributed by atoms with van der Waals surface area (Å²) in [6.07, 6.45) is 3.92. The molecule has 1 unspecified atom stereocenters. The quantitative estimate of drug-likeness (QED) is 0.167. The smallest absolute Gasteiger partial charge is 0.274 e. The van der Waals surface area contributed by atoms with Crippen LogP contribution in [0.25, 0.3) is 6.08 Å². The SMILES string of the molecule is O=C(/C=C/c1ccccc1)NC(CCOc1ccc(C(=O)NO)cc1)SCc1ccccc1. The van der Waals surface area contributed by atoms with Crippen molar-refractivity contribution in [2.75, 3.05) is 6.61 Å². The molecule has 3 aromatic rings. The molecule has 2 amide bonds. The lowest BCUT2D eigenvalue weighted by Crippen LogP contribution is -2.32. The zero-order chi connectivity index (χ0) is 23.3. The molecule has 0 aliphatic rings. The Labute approximate surface area is 197 Å². The van der Waals surface area contributed by atoms with Crippen LogP contribution >= 0.6 is 11.8 Å². The number of benzene rings is 3. The number of amides is 2. The lowest BCUT2D eigenvalue weighted by Gasteiger charge is -2.18. The average Bonchev–Trinajstić information content (AvgIpc) is 2.87. The summed E-state index contributed by atoms with van der Waals surface area (Å²) in [5, 5.41) is 11.6. The number of carbonyl (C=O) groups excluding carboxylic acids is 2. The van der Waals surface area contributed by atoms with Crippen LogP contribution in [0.1, 0.15) is 27.9 Å². The van der Waals surface area contributed by atoms with Crippen LogP contribution in [0.5, 0.6) is 5.75 Å². The van der Waals surface area contributed by atoms with Gasteiger partial charge in [0.05, 0.1) is 12.0 Å². The summed E-state index contributed by atoms with van der Waals surface area (Å²) < 4.78 is 5.79. The number of hydroxylamine groups is 1. The number of carbonyl (C=O) groups is 2. The molecule has 0 aliphatic carbocycles. The molecule has 0 aliphatic heterocycles. The average molecular weight is 463 g/mol. The molecule has 1 atom stereocenters. The van der Waals surface area contributed by atoms with Crippen molar-refractivity contribution >= 4 is 29.7 Å². The molecular weight excluding hydrogens is 436 g/mol. The van der Waals surface area contributed by atoms with E-state index in [1.54, 1.807) is 47.6 Å². The van der Waals surface area contributed by atoms with Crippen LogP contribution in [0.4, 0.5) is 0 Å². The zero-order valence-corrected chi connectivity index (χ0v) is 18.8. The van der Waals surface area contributed by atoms with Gasteiger partial charge in [-0.15, -0.1) is 11.8 Å². The van der Waals surface area contributed by atoms with E-state index < -0.39 is 5.91 Å². The lowest BCUT2D eigenvalue weighted by atomic mass is 10.2. The Balaban J connectivity index is 1.55. The third-order valence-electron chi connectivity index (χ3n) is 4.69. The van der Waals surface area contributed by atoms with E-state index in [1.165, 1.54) is 11.6 Å². The first-order chi connectivity index (χ1) is 16.1. The fourth-order valence-electron chi connectivity index (χ4n) is 2.96. The monoisotopic (exact) mass is 462 g/mol. The van der Waals surface area contributed by atoms with E-state index in [0.717, 1.165) is 11.3 Å². The molecule has 33 heavy (non-hydrogen) atoms. The summed E-state index contributed by atoms with van der Waals surface area (Å²) in [5.74, 6) is 0.625. The first-order valence-electron chi connectivity index (χ1n) is 10.5. The van der Waals surface area contributed by atoms with Crippen molar-refractivity contribution in [1.82, 2.24) is 10.8 Å². The topological polar surface area (TPSA) is 87.7 Å². The maximum atomic E-state index is 12.5. The minimum absolute atomic E-state index is 0.141. The molecule has 0 spiro atoms. The highest BCUT2D eigenvalue weighted by Crippen LogP contribution is 2.20. The van der Waals surface area contributed by atoms with Crippen molar-refractivity contribution in [3.05, 3.63) is 108 Å². The summed E-state index contributed by atoms with van der Waals surface area (Å²) in [7, 11) is 0. The van der Waals surface area contributed by atoms with Crippen molar-refractivity contribution in [3.8, 4) is 5.75 Å². The molecule has 3 N–H and O–H groups in total. The van der Waals surface area contributed by atoms with Crippen LogP contribution in [0.15, 0.2) is 91.0 Å². The van der Waals surface area contributed by atoms with E-state index in [1.807, 2.05) is 48.5 Å². The Bertz CT molecular complexity index is 1040. The third kappa shape index (κ3) is 8.48. The van der Waals surface area contributed by atoms with Gasteiger partial charge in [0.15, 0.2) is 0 Å². The molecule has 7 heteroatoms. The van der Waals surface area contributed by atoms with Crippen LogP contribution in [0.3, 0.4) is 0 Å². The number of hydrogen-bond donors (Lipinski definition) is 3. The van der Waals surface area contributed by atoms with Crippen LogP contribution in [0, 0.1) is 0 Å². The second kappa shape index (κ2) is 13.1.